The van der Waals surface area contributed by atoms with Crippen molar-refractivity contribution in [1.29, 1.82) is 0 Å². The number of nitrogens with one attached hydrogen (secondary N) is 1. The second-order valence-corrected chi connectivity index (χ2v) is 5.17. The number of hydrogen-bond acceptors (Lipinski definition) is 4. The lowest BCUT2D eigenvalue weighted by Gasteiger charge is -2.32. The molecule has 7 nitrogen and oxygen atoms in total. The molecule has 1 fully saturated rings. The van der Waals surface area contributed by atoms with Gasteiger partial charge in [0.2, 0.25) is 11.8 Å². The molecule has 1 aromatic heterocycles. The van der Waals surface area contributed by atoms with E-state index in [0.29, 0.717) is 17.0 Å². The number of halogens is 3. The highest BCUT2D eigenvalue weighted by molar-refractivity contribution is 6.00. The summed E-state index contributed by atoms with van der Waals surface area (Å²) in [6.45, 7) is -1.22. The van der Waals surface area contributed by atoms with Gasteiger partial charge in [0.05, 0.1) is 6.54 Å². The second-order valence-electron chi connectivity index (χ2n) is 5.17. The molecule has 2 rings (SSSR count). The highest BCUT2D eigenvalue weighted by Gasteiger charge is 2.39. The van der Waals surface area contributed by atoms with Crippen LogP contribution in [0.5, 0.6) is 0 Å². The molecule has 0 saturated carbocycles. The zero-order valence-corrected chi connectivity index (χ0v) is 11.9. The van der Waals surface area contributed by atoms with Gasteiger partial charge in [-0.2, -0.15) is 13.2 Å². The predicted octanol–water partition coefficient (Wildman–Crippen LogP) is 0.232. The molecular formula is C12H16F3N5O2. The minimum atomic E-state index is -4.46. The van der Waals surface area contributed by atoms with E-state index in [1.165, 1.54) is 4.68 Å². The summed E-state index contributed by atoms with van der Waals surface area (Å²) in [4.78, 5) is 24.7. The molecule has 1 N–H and O–H groups in total. The Morgan fingerprint density at radius 1 is 1.50 bits per heavy atom. The normalized spacial score (nSPS) is 19.4. The maximum atomic E-state index is 12.4. The molecule has 122 valence electrons. The fraction of sp³-hybridized carbons (Fsp3) is 0.667. The van der Waals surface area contributed by atoms with E-state index in [-0.39, 0.29) is 19.5 Å². The number of amides is 2. The van der Waals surface area contributed by atoms with Crippen LogP contribution in [0, 0.1) is 5.92 Å². The van der Waals surface area contributed by atoms with Crippen LogP contribution in [0.15, 0.2) is 6.20 Å². The molecule has 1 aliphatic heterocycles. The molecule has 0 unspecified atom stereocenters. The van der Waals surface area contributed by atoms with E-state index in [1.807, 2.05) is 0 Å². The number of hydrogen-bond donors (Lipinski definition) is 1. The summed E-state index contributed by atoms with van der Waals surface area (Å²) < 4.78 is 38.7. The summed E-state index contributed by atoms with van der Waals surface area (Å²) in [6, 6.07) is 0. The predicted molar refractivity (Wildman–Crippen MR) is 68.2 cm³/mol. The van der Waals surface area contributed by atoms with Crippen molar-refractivity contribution in [3.05, 3.63) is 11.9 Å². The van der Waals surface area contributed by atoms with Gasteiger partial charge in [-0.25, -0.2) is 0 Å². The molecular weight excluding hydrogens is 303 g/mol. The van der Waals surface area contributed by atoms with Crippen molar-refractivity contribution in [1.82, 2.24) is 25.2 Å². The van der Waals surface area contributed by atoms with Gasteiger partial charge < -0.3 is 10.2 Å². The molecule has 0 aromatic carbocycles. The molecule has 22 heavy (non-hydrogen) atoms. The maximum absolute atomic E-state index is 12.4. The minimum absolute atomic E-state index is 0.0201. The molecule has 2 amide bonds. The third-order valence-corrected chi connectivity index (χ3v) is 3.31. The molecule has 2 heterocycles. The molecule has 1 saturated heterocycles. The van der Waals surface area contributed by atoms with Crippen LogP contribution in [-0.2, 0) is 23.2 Å². The molecule has 10 heteroatoms. The number of carbonyl (C=O) groups excluding carboxylic acids is 2. The molecule has 0 spiro atoms. The van der Waals surface area contributed by atoms with E-state index in [4.69, 9.17) is 0 Å². The molecule has 0 aliphatic carbocycles. The topological polar surface area (TPSA) is 80.1 Å². The first-order valence-corrected chi connectivity index (χ1v) is 6.75. The van der Waals surface area contributed by atoms with Crippen molar-refractivity contribution < 1.29 is 22.8 Å². The Balaban J connectivity index is 1.92. The van der Waals surface area contributed by atoms with Gasteiger partial charge in [-0.05, 0) is 12.8 Å². The third kappa shape index (κ3) is 4.18. The van der Waals surface area contributed by atoms with Gasteiger partial charge in [-0.1, -0.05) is 5.21 Å². The first-order chi connectivity index (χ1) is 10.3. The number of alkyl halides is 3. The van der Waals surface area contributed by atoms with Crippen LogP contribution in [0.4, 0.5) is 13.2 Å². The van der Waals surface area contributed by atoms with Gasteiger partial charge in [0.15, 0.2) is 0 Å². The Kier molecular flexibility index (Phi) is 4.67. The maximum Gasteiger partial charge on any atom is 0.406 e. The fourth-order valence-corrected chi connectivity index (χ4v) is 2.33. The molecule has 1 atom stereocenters. The van der Waals surface area contributed by atoms with Crippen molar-refractivity contribution in [3.63, 3.8) is 0 Å². The summed E-state index contributed by atoms with van der Waals surface area (Å²) >= 11 is 0. The zero-order chi connectivity index (χ0) is 16.3. The minimum Gasteiger partial charge on any atom is -0.350 e. The Hall–Kier alpha value is -2.13. The van der Waals surface area contributed by atoms with Crippen molar-refractivity contribution in [2.45, 2.75) is 25.6 Å². The van der Waals surface area contributed by atoms with Crippen molar-refractivity contribution >= 4 is 11.8 Å². The lowest BCUT2D eigenvalue weighted by atomic mass is 9.96. The number of piperidine rings is 1. The smallest absolute Gasteiger partial charge is 0.350 e. The summed E-state index contributed by atoms with van der Waals surface area (Å²) in [5.74, 6) is -2.43. The Labute approximate surface area is 124 Å². The molecule has 1 aliphatic rings. The monoisotopic (exact) mass is 319 g/mol. The Bertz CT molecular complexity index is 557. The van der Waals surface area contributed by atoms with Crippen molar-refractivity contribution in [3.8, 4) is 0 Å². The van der Waals surface area contributed by atoms with E-state index >= 15 is 0 Å². The highest BCUT2D eigenvalue weighted by atomic mass is 19.4. The number of aryl methyl sites for hydroxylation is 1. The van der Waals surface area contributed by atoms with Gasteiger partial charge in [0.1, 0.15) is 18.2 Å². The van der Waals surface area contributed by atoms with Crippen molar-refractivity contribution in [2.75, 3.05) is 13.1 Å². The number of aromatic nitrogens is 3. The van der Waals surface area contributed by atoms with Gasteiger partial charge in [-0.15, -0.1) is 5.10 Å². The molecule has 1 aromatic rings. The first kappa shape index (κ1) is 16.2. The number of likely N-dealkylation sites (tertiary alicyclic amines) is 1. The second kappa shape index (κ2) is 6.32. The van der Waals surface area contributed by atoms with E-state index in [2.05, 4.69) is 15.6 Å². The highest BCUT2D eigenvalue weighted by Crippen LogP contribution is 2.23. The largest absolute Gasteiger partial charge is 0.406 e. The lowest BCUT2D eigenvalue weighted by Crippen LogP contribution is -2.50. The number of carbonyl (C=O) groups is 2. The van der Waals surface area contributed by atoms with Crippen LogP contribution >= 0.6 is 0 Å². The summed E-state index contributed by atoms with van der Waals surface area (Å²) in [6.07, 6.45) is -2.25. The molecule has 0 bridgehead atoms. The van der Waals surface area contributed by atoms with Gasteiger partial charge in [-0.3, -0.25) is 14.3 Å². The average molecular weight is 319 g/mol. The van der Waals surface area contributed by atoms with Crippen LogP contribution in [0.25, 0.3) is 0 Å². The molecule has 0 radical (unpaired) electrons. The Morgan fingerprint density at radius 3 is 2.82 bits per heavy atom. The first-order valence-electron chi connectivity index (χ1n) is 6.75. The van der Waals surface area contributed by atoms with Crippen LogP contribution in [-0.4, -0.2) is 51.0 Å². The zero-order valence-electron chi connectivity index (χ0n) is 11.9. The number of nitrogens with zero attached hydrogens (tertiary/aromatic N) is 4. The van der Waals surface area contributed by atoms with Crippen LogP contribution in [0.2, 0.25) is 0 Å². The average Bonchev–Trinajstić information content (AvgIpc) is 2.83. The van der Waals surface area contributed by atoms with Gasteiger partial charge in [0.25, 0.3) is 0 Å². The van der Waals surface area contributed by atoms with Crippen molar-refractivity contribution in [2.24, 2.45) is 13.0 Å². The van der Waals surface area contributed by atoms with E-state index < -0.39 is 30.5 Å². The lowest BCUT2D eigenvalue weighted by molar-refractivity contribution is -0.168. The fourth-order valence-electron chi connectivity index (χ4n) is 2.33. The third-order valence-electron chi connectivity index (χ3n) is 3.31. The quantitative estimate of drug-likeness (QED) is 0.806. The Morgan fingerprint density at radius 2 is 2.23 bits per heavy atom. The van der Waals surface area contributed by atoms with E-state index in [1.54, 1.807) is 13.2 Å². The van der Waals surface area contributed by atoms with Gasteiger partial charge >= 0.3 is 6.18 Å². The SMILES string of the molecule is Cn1cc(CNC(=O)[C@@H]2CCCN(CC(F)(F)F)C2=O)nn1. The standard InChI is InChI=1S/C12H16F3N5O2/c1-19-6-8(17-18-19)5-16-10(21)9-3-2-4-20(11(9)22)7-12(13,14)15/h6,9H,2-5,7H2,1H3,(H,16,21)/t9-/m0/s1. The summed E-state index contributed by atoms with van der Waals surface area (Å²) in [5, 5.41) is 9.97. The van der Waals surface area contributed by atoms with E-state index in [0.717, 1.165) is 0 Å². The summed E-state index contributed by atoms with van der Waals surface area (Å²) in [5.41, 5.74) is 0.506. The van der Waals surface area contributed by atoms with Crippen LogP contribution in [0.1, 0.15) is 18.5 Å². The number of rotatable bonds is 4. The van der Waals surface area contributed by atoms with Crippen LogP contribution in [0.3, 0.4) is 0 Å². The van der Waals surface area contributed by atoms with Crippen LogP contribution < -0.4 is 5.32 Å². The van der Waals surface area contributed by atoms with E-state index in [9.17, 15) is 22.8 Å². The summed E-state index contributed by atoms with van der Waals surface area (Å²) in [7, 11) is 1.66. The van der Waals surface area contributed by atoms with Gasteiger partial charge in [0, 0.05) is 19.8 Å².